The van der Waals surface area contributed by atoms with Crippen LogP contribution in [-0.4, -0.2) is 58.0 Å². The zero-order chi connectivity index (χ0) is 22.7. The van der Waals surface area contributed by atoms with Crippen molar-refractivity contribution < 1.29 is 22.3 Å². The Morgan fingerprint density at radius 3 is 2.09 bits per heavy atom. The van der Waals surface area contributed by atoms with Crippen LogP contribution in [0.4, 0.5) is 8.78 Å². The third-order valence-electron chi connectivity index (χ3n) is 6.73. The van der Waals surface area contributed by atoms with Crippen molar-refractivity contribution in [2.45, 2.75) is 50.8 Å². The highest BCUT2D eigenvalue weighted by Gasteiger charge is 2.44. The molecule has 1 saturated heterocycles. The number of fused-ring (bicyclic) bond motifs is 3. The molecule has 0 spiro atoms. The Hall–Kier alpha value is -2.07. The molecule has 32 heavy (non-hydrogen) atoms. The van der Waals surface area contributed by atoms with E-state index in [0.29, 0.717) is 34.9 Å². The number of halogens is 2. The molecule has 1 aliphatic carbocycles. The fourth-order valence-electron chi connectivity index (χ4n) is 5.30. The van der Waals surface area contributed by atoms with Gasteiger partial charge in [-0.3, -0.25) is 0 Å². The van der Waals surface area contributed by atoms with Gasteiger partial charge in [0.1, 0.15) is 11.6 Å². The van der Waals surface area contributed by atoms with Gasteiger partial charge in [-0.2, -0.15) is 17.0 Å². The van der Waals surface area contributed by atoms with Gasteiger partial charge in [0.2, 0.25) is 0 Å². The average Bonchev–Trinajstić information content (AvgIpc) is 3.40. The molecule has 6 nitrogen and oxygen atoms in total. The van der Waals surface area contributed by atoms with E-state index in [0.717, 1.165) is 25.7 Å². The molecule has 5 rings (SSSR count). The summed E-state index contributed by atoms with van der Waals surface area (Å²) in [4.78, 5) is 0. The van der Waals surface area contributed by atoms with Crippen LogP contribution in [0.3, 0.4) is 0 Å². The molecule has 0 amide bonds. The number of hydrogen-bond donors (Lipinski definition) is 1. The van der Waals surface area contributed by atoms with Gasteiger partial charge < -0.3 is 9.67 Å². The van der Waals surface area contributed by atoms with E-state index in [1.165, 1.54) is 28.6 Å². The Balaban J connectivity index is 1.46. The maximum Gasteiger partial charge on any atom is 0.282 e. The smallest absolute Gasteiger partial charge is 0.282 e. The lowest BCUT2D eigenvalue weighted by Crippen LogP contribution is -2.46. The summed E-state index contributed by atoms with van der Waals surface area (Å²) in [6.07, 6.45) is 3.86. The summed E-state index contributed by atoms with van der Waals surface area (Å²) in [5, 5.41) is 12.4. The minimum absolute atomic E-state index is 0.0528. The largest absolute Gasteiger partial charge is 0.387 e. The molecule has 2 heterocycles. The van der Waals surface area contributed by atoms with E-state index < -0.39 is 27.4 Å². The SMILES string of the molecule is CC(O)(CN1CCN(C2CCCC2)S1(=O)=O)Cn1c2ccc(F)cc2c2cc(F)ccc21. The molecule has 0 radical (unpaired) electrons. The van der Waals surface area contributed by atoms with Gasteiger partial charge in [0, 0.05) is 47.5 Å². The summed E-state index contributed by atoms with van der Waals surface area (Å²) >= 11 is 0. The summed E-state index contributed by atoms with van der Waals surface area (Å²) in [6.45, 7) is 2.42. The summed E-state index contributed by atoms with van der Waals surface area (Å²) in [7, 11) is -3.62. The molecule has 3 aromatic rings. The highest BCUT2D eigenvalue weighted by molar-refractivity contribution is 7.87. The first-order chi connectivity index (χ1) is 15.2. The molecule has 2 fully saturated rings. The highest BCUT2D eigenvalue weighted by atomic mass is 32.2. The van der Waals surface area contributed by atoms with Crippen LogP contribution < -0.4 is 0 Å². The van der Waals surface area contributed by atoms with Gasteiger partial charge in [-0.1, -0.05) is 12.8 Å². The van der Waals surface area contributed by atoms with E-state index in [1.807, 2.05) is 0 Å². The van der Waals surface area contributed by atoms with Crippen LogP contribution in [-0.2, 0) is 16.8 Å². The van der Waals surface area contributed by atoms with Gasteiger partial charge in [0.15, 0.2) is 0 Å². The molecule has 9 heteroatoms. The summed E-state index contributed by atoms with van der Waals surface area (Å²) in [6, 6.07) is 8.62. The molecule has 1 aliphatic heterocycles. The molecule has 1 saturated carbocycles. The Morgan fingerprint density at radius 1 is 0.969 bits per heavy atom. The monoisotopic (exact) mass is 463 g/mol. The first-order valence-corrected chi connectivity index (χ1v) is 12.4. The van der Waals surface area contributed by atoms with Crippen molar-refractivity contribution in [2.24, 2.45) is 0 Å². The van der Waals surface area contributed by atoms with Crippen LogP contribution in [0.15, 0.2) is 36.4 Å². The van der Waals surface area contributed by atoms with E-state index in [-0.39, 0.29) is 19.1 Å². The topological polar surface area (TPSA) is 65.8 Å². The summed E-state index contributed by atoms with van der Waals surface area (Å²) < 4.78 is 58.8. The molecule has 1 aromatic heterocycles. The minimum Gasteiger partial charge on any atom is -0.387 e. The quantitative estimate of drug-likeness (QED) is 0.629. The lowest BCUT2D eigenvalue weighted by atomic mass is 10.1. The fourth-order valence-corrected chi connectivity index (χ4v) is 7.25. The Bertz CT molecular complexity index is 1220. The number of β-amino-alcohol motifs (C(OH)–C–C–N with tert-alkyl or cyclic N) is 1. The minimum atomic E-state index is -3.62. The third-order valence-corrected chi connectivity index (χ3v) is 8.77. The van der Waals surface area contributed by atoms with Crippen molar-refractivity contribution in [1.82, 2.24) is 13.2 Å². The first-order valence-electron chi connectivity index (χ1n) is 11.0. The molecule has 1 atom stereocenters. The molecular formula is C23H27F2N3O3S. The van der Waals surface area contributed by atoms with Crippen molar-refractivity contribution in [3.8, 4) is 0 Å². The molecule has 2 aromatic carbocycles. The second-order valence-corrected chi connectivity index (χ2v) is 11.2. The highest BCUT2D eigenvalue weighted by Crippen LogP contribution is 2.33. The maximum absolute atomic E-state index is 13.9. The maximum atomic E-state index is 13.9. The van der Waals surface area contributed by atoms with Crippen LogP contribution >= 0.6 is 0 Å². The standard InChI is InChI=1S/C23H27F2N3O3S/c1-23(29,14-26-10-11-28(32(26,30)31)18-4-2-3-5-18)15-27-21-8-6-16(24)12-19(21)20-13-17(25)7-9-22(20)27/h6-9,12-13,18,29H,2-5,10-11,14-15H2,1H3. The Kier molecular flexibility index (Phi) is 5.28. The number of aliphatic hydroxyl groups is 1. The number of rotatable bonds is 5. The van der Waals surface area contributed by atoms with Crippen molar-refractivity contribution in [3.05, 3.63) is 48.0 Å². The van der Waals surface area contributed by atoms with Crippen LogP contribution in [0.25, 0.3) is 21.8 Å². The van der Waals surface area contributed by atoms with Crippen LogP contribution in [0.2, 0.25) is 0 Å². The molecule has 172 valence electrons. The predicted molar refractivity (Wildman–Crippen MR) is 119 cm³/mol. The number of aromatic nitrogens is 1. The number of hydrogen-bond acceptors (Lipinski definition) is 3. The third kappa shape index (κ3) is 3.71. The van der Waals surface area contributed by atoms with Crippen molar-refractivity contribution >= 4 is 32.0 Å². The summed E-state index contributed by atoms with van der Waals surface area (Å²) in [5.74, 6) is -0.856. The second-order valence-electron chi connectivity index (χ2n) is 9.30. The van der Waals surface area contributed by atoms with Crippen molar-refractivity contribution in [1.29, 1.82) is 0 Å². The second kappa shape index (κ2) is 7.76. The predicted octanol–water partition coefficient (Wildman–Crippen LogP) is 3.63. The summed E-state index contributed by atoms with van der Waals surface area (Å²) in [5.41, 5.74) is -0.0753. The van der Waals surface area contributed by atoms with E-state index in [9.17, 15) is 22.3 Å². The molecule has 1 N–H and O–H groups in total. The Labute approximate surface area is 186 Å². The molecule has 1 unspecified atom stereocenters. The molecule has 2 aliphatic rings. The van der Waals surface area contributed by atoms with E-state index in [1.54, 1.807) is 27.9 Å². The van der Waals surface area contributed by atoms with E-state index in [2.05, 4.69) is 0 Å². The average molecular weight is 464 g/mol. The van der Waals surface area contributed by atoms with Gasteiger partial charge in [0.05, 0.1) is 12.1 Å². The van der Waals surface area contributed by atoms with Gasteiger partial charge in [-0.05, 0) is 56.2 Å². The Morgan fingerprint density at radius 2 is 1.53 bits per heavy atom. The molecule has 0 bridgehead atoms. The van der Waals surface area contributed by atoms with Gasteiger partial charge in [0.25, 0.3) is 10.2 Å². The lowest BCUT2D eigenvalue weighted by Gasteiger charge is -2.30. The van der Waals surface area contributed by atoms with Crippen LogP contribution in [0, 0.1) is 11.6 Å². The molecular weight excluding hydrogens is 436 g/mol. The van der Waals surface area contributed by atoms with Gasteiger partial charge >= 0.3 is 0 Å². The van der Waals surface area contributed by atoms with Gasteiger partial charge in [-0.15, -0.1) is 0 Å². The van der Waals surface area contributed by atoms with Crippen LogP contribution in [0.5, 0.6) is 0 Å². The van der Waals surface area contributed by atoms with Crippen molar-refractivity contribution in [2.75, 3.05) is 19.6 Å². The zero-order valence-electron chi connectivity index (χ0n) is 18.0. The van der Waals surface area contributed by atoms with Crippen molar-refractivity contribution in [3.63, 3.8) is 0 Å². The fraction of sp³-hybridized carbons (Fsp3) is 0.478. The first kappa shape index (κ1) is 21.8. The zero-order valence-corrected chi connectivity index (χ0v) is 18.8. The van der Waals surface area contributed by atoms with Gasteiger partial charge in [-0.25, -0.2) is 8.78 Å². The van der Waals surface area contributed by atoms with E-state index >= 15 is 0 Å². The number of nitrogens with zero attached hydrogens (tertiary/aromatic N) is 3. The number of benzene rings is 2. The van der Waals surface area contributed by atoms with E-state index in [4.69, 9.17) is 0 Å². The lowest BCUT2D eigenvalue weighted by molar-refractivity contribution is 0.0279. The van der Waals surface area contributed by atoms with Crippen LogP contribution in [0.1, 0.15) is 32.6 Å². The normalized spacial score (nSPS) is 22.2.